The zero-order valence-corrected chi connectivity index (χ0v) is 18.6. The minimum Gasteiger partial charge on any atom is -0.380 e. The summed E-state index contributed by atoms with van der Waals surface area (Å²) >= 11 is 0. The summed E-state index contributed by atoms with van der Waals surface area (Å²) in [5.41, 5.74) is 12.2. The van der Waals surface area contributed by atoms with Gasteiger partial charge in [0.2, 0.25) is 0 Å². The molecule has 2 aromatic rings. The Hall–Kier alpha value is -3.33. The van der Waals surface area contributed by atoms with Gasteiger partial charge in [0.1, 0.15) is 0 Å². The van der Waals surface area contributed by atoms with E-state index in [2.05, 4.69) is 77.4 Å². The summed E-state index contributed by atoms with van der Waals surface area (Å²) in [6.07, 6.45) is 18.8. The minimum atomic E-state index is 0.238. The maximum atomic E-state index is 4.34. The Bertz CT molecular complexity index is 1210. The highest BCUT2D eigenvalue weighted by Crippen LogP contribution is 2.39. The third-order valence-corrected chi connectivity index (χ3v) is 7.39. The van der Waals surface area contributed by atoms with Crippen LogP contribution in [0.25, 0.3) is 5.57 Å². The van der Waals surface area contributed by atoms with Gasteiger partial charge in [0.05, 0.1) is 17.9 Å². The summed E-state index contributed by atoms with van der Waals surface area (Å²) in [4.78, 5) is 6.82. The zero-order valence-electron chi connectivity index (χ0n) is 18.6. The van der Waals surface area contributed by atoms with Gasteiger partial charge in [-0.3, -0.25) is 4.98 Å². The Morgan fingerprint density at radius 2 is 2.16 bits per heavy atom. The van der Waals surface area contributed by atoms with Crippen molar-refractivity contribution >= 4 is 11.3 Å². The van der Waals surface area contributed by atoms with E-state index in [1.165, 1.54) is 57.5 Å². The summed E-state index contributed by atoms with van der Waals surface area (Å²) in [5.74, 6) is 0.517. The molecule has 2 aliphatic carbocycles. The summed E-state index contributed by atoms with van der Waals surface area (Å²) < 4.78 is 0. The van der Waals surface area contributed by atoms with Gasteiger partial charge in [-0.15, -0.1) is 0 Å². The number of hydrogen-bond acceptors (Lipinski definition) is 3. The van der Waals surface area contributed by atoms with Gasteiger partial charge in [-0.25, -0.2) is 0 Å². The molecule has 3 nitrogen and oxygen atoms in total. The average molecular weight is 420 g/mol. The van der Waals surface area contributed by atoms with E-state index in [0.717, 1.165) is 25.1 Å². The van der Waals surface area contributed by atoms with Gasteiger partial charge < -0.3 is 10.2 Å². The van der Waals surface area contributed by atoms with Crippen molar-refractivity contribution in [1.29, 1.82) is 0 Å². The van der Waals surface area contributed by atoms with Crippen LogP contribution in [0.15, 0.2) is 90.5 Å². The van der Waals surface area contributed by atoms with E-state index < -0.39 is 0 Å². The molecule has 0 amide bonds. The normalized spacial score (nSPS) is 23.8. The van der Waals surface area contributed by atoms with E-state index in [0.29, 0.717) is 5.92 Å². The first kappa shape index (κ1) is 19.4. The Labute approximate surface area is 190 Å². The molecule has 1 aromatic heterocycles. The molecule has 3 heterocycles. The highest BCUT2D eigenvalue weighted by Gasteiger charge is 2.28. The molecule has 1 N–H and O–H groups in total. The fourth-order valence-electron chi connectivity index (χ4n) is 5.66. The number of dihydropyridines is 1. The second-order valence-electron chi connectivity index (χ2n) is 9.40. The molecule has 0 saturated heterocycles. The van der Waals surface area contributed by atoms with Crippen LogP contribution < -0.4 is 10.2 Å². The topological polar surface area (TPSA) is 28.2 Å². The number of fused-ring (bicyclic) bond motifs is 2. The Kier molecular flexibility index (Phi) is 4.64. The van der Waals surface area contributed by atoms with Crippen molar-refractivity contribution in [2.45, 2.75) is 44.7 Å². The van der Waals surface area contributed by atoms with E-state index in [9.17, 15) is 0 Å². The second kappa shape index (κ2) is 7.67. The Balaban J connectivity index is 1.40. The number of nitrogens with one attached hydrogen (secondary N) is 1. The third kappa shape index (κ3) is 3.24. The van der Waals surface area contributed by atoms with Gasteiger partial charge >= 0.3 is 0 Å². The second-order valence-corrected chi connectivity index (χ2v) is 9.40. The molecule has 3 heteroatoms. The quantitative estimate of drug-likeness (QED) is 0.634. The van der Waals surface area contributed by atoms with Crippen LogP contribution in [-0.2, 0) is 13.0 Å². The lowest BCUT2D eigenvalue weighted by molar-refractivity contribution is 0.703. The maximum absolute atomic E-state index is 4.34. The van der Waals surface area contributed by atoms with E-state index >= 15 is 0 Å². The molecule has 0 fully saturated rings. The third-order valence-electron chi connectivity index (χ3n) is 7.39. The molecular weight excluding hydrogens is 390 g/mol. The SMILES string of the molecule is C=C1C=C(C)C2=CC(c3cc4c(c([C@H]5C=CCC5)c3)CN(c3cccnc3)CC4)=CNC12. The zero-order chi connectivity index (χ0) is 21.7. The lowest BCUT2D eigenvalue weighted by Gasteiger charge is -2.33. The lowest BCUT2D eigenvalue weighted by atomic mass is 9.83. The van der Waals surface area contributed by atoms with Crippen LogP contribution >= 0.6 is 0 Å². The Morgan fingerprint density at radius 3 is 2.97 bits per heavy atom. The van der Waals surface area contributed by atoms with E-state index in [4.69, 9.17) is 0 Å². The molecule has 32 heavy (non-hydrogen) atoms. The molecule has 6 rings (SSSR count). The first-order valence-corrected chi connectivity index (χ1v) is 11.7. The Morgan fingerprint density at radius 1 is 1.22 bits per heavy atom. The summed E-state index contributed by atoms with van der Waals surface area (Å²) in [6, 6.07) is 9.34. The van der Waals surface area contributed by atoms with Crippen molar-refractivity contribution in [3.8, 4) is 0 Å². The first-order chi connectivity index (χ1) is 15.7. The number of anilines is 1. The maximum Gasteiger partial charge on any atom is 0.0759 e. The first-order valence-electron chi connectivity index (χ1n) is 11.7. The lowest BCUT2D eigenvalue weighted by Crippen LogP contribution is -2.31. The predicted octanol–water partition coefficient (Wildman–Crippen LogP) is 5.83. The minimum absolute atomic E-state index is 0.238. The summed E-state index contributed by atoms with van der Waals surface area (Å²) in [6.45, 7) is 8.40. The van der Waals surface area contributed by atoms with Gasteiger partial charge in [-0.2, -0.15) is 0 Å². The van der Waals surface area contributed by atoms with Gasteiger partial charge in [0.15, 0.2) is 0 Å². The molecular formula is C29H29N3. The van der Waals surface area contributed by atoms with Gasteiger partial charge in [-0.05, 0) is 88.9 Å². The number of allylic oxidation sites excluding steroid dienone is 4. The molecule has 2 aliphatic heterocycles. The molecule has 0 radical (unpaired) electrons. The molecule has 0 spiro atoms. The van der Waals surface area contributed by atoms with Crippen LogP contribution in [0.4, 0.5) is 5.69 Å². The average Bonchev–Trinajstić information content (AvgIpc) is 3.47. The van der Waals surface area contributed by atoms with Gasteiger partial charge in [0, 0.05) is 31.4 Å². The number of pyridine rings is 1. The van der Waals surface area contributed by atoms with Crippen molar-refractivity contribution in [1.82, 2.24) is 10.3 Å². The smallest absolute Gasteiger partial charge is 0.0759 e. The van der Waals surface area contributed by atoms with Gasteiger partial charge in [-0.1, -0.05) is 36.9 Å². The molecule has 1 aromatic carbocycles. The van der Waals surface area contributed by atoms with Crippen LogP contribution in [0, 0.1) is 0 Å². The summed E-state index contributed by atoms with van der Waals surface area (Å²) in [7, 11) is 0. The monoisotopic (exact) mass is 419 g/mol. The fourth-order valence-corrected chi connectivity index (χ4v) is 5.66. The van der Waals surface area contributed by atoms with E-state index in [1.54, 1.807) is 0 Å². The number of hydrogen-bond donors (Lipinski definition) is 1. The van der Waals surface area contributed by atoms with Crippen LogP contribution in [0.2, 0.25) is 0 Å². The van der Waals surface area contributed by atoms with Crippen LogP contribution in [0.5, 0.6) is 0 Å². The van der Waals surface area contributed by atoms with Crippen LogP contribution in [-0.4, -0.2) is 17.6 Å². The highest BCUT2D eigenvalue weighted by atomic mass is 15.1. The largest absolute Gasteiger partial charge is 0.380 e. The molecule has 2 atom stereocenters. The number of rotatable bonds is 3. The standard InChI is InChI=1S/C29H29N3/c1-19-12-20(2)29-26(19)15-24(16-31-29)23-13-22-9-11-32(25-8-5-10-30-17-25)18-28(22)27(14-23)21-6-3-4-7-21/h3,5-6,8,10,12-17,21,29,31H,2,4,7,9,11,18H2,1H3/t21-,29?/m0/s1. The number of benzene rings is 1. The molecule has 4 aliphatic rings. The van der Waals surface area contributed by atoms with Crippen molar-refractivity contribution < 1.29 is 0 Å². The molecule has 0 saturated carbocycles. The predicted molar refractivity (Wildman–Crippen MR) is 132 cm³/mol. The van der Waals surface area contributed by atoms with E-state index in [1.807, 2.05) is 18.5 Å². The van der Waals surface area contributed by atoms with Crippen LogP contribution in [0.1, 0.15) is 47.9 Å². The summed E-state index contributed by atoms with van der Waals surface area (Å²) in [5, 5.41) is 3.60. The van der Waals surface area contributed by atoms with Crippen molar-refractivity contribution in [2.75, 3.05) is 11.4 Å². The molecule has 160 valence electrons. The van der Waals surface area contributed by atoms with Gasteiger partial charge in [0.25, 0.3) is 0 Å². The van der Waals surface area contributed by atoms with Crippen molar-refractivity contribution in [2.24, 2.45) is 0 Å². The van der Waals surface area contributed by atoms with E-state index in [-0.39, 0.29) is 6.04 Å². The van der Waals surface area contributed by atoms with Crippen LogP contribution in [0.3, 0.4) is 0 Å². The molecule has 0 bridgehead atoms. The van der Waals surface area contributed by atoms with Crippen molar-refractivity contribution in [3.63, 3.8) is 0 Å². The van der Waals surface area contributed by atoms with Crippen molar-refractivity contribution in [3.05, 3.63) is 113 Å². The fraction of sp³-hybridized carbons (Fsp3) is 0.276. The molecule has 1 unspecified atom stereocenters. The highest BCUT2D eigenvalue weighted by molar-refractivity contribution is 5.80. The number of aromatic nitrogens is 1. The number of nitrogens with zero attached hydrogens (tertiary/aromatic N) is 2.